The zero-order chi connectivity index (χ0) is 10.6. The van der Waals surface area contributed by atoms with Crippen LogP contribution < -0.4 is 5.32 Å². The van der Waals surface area contributed by atoms with Crippen LogP contribution in [-0.2, 0) is 5.54 Å². The van der Waals surface area contributed by atoms with E-state index in [1.807, 2.05) is 19.9 Å². The van der Waals surface area contributed by atoms with Crippen LogP contribution in [0.15, 0.2) is 24.3 Å². The summed E-state index contributed by atoms with van der Waals surface area (Å²) in [4.78, 5) is 0. The van der Waals surface area contributed by atoms with Gasteiger partial charge in [0, 0.05) is 0 Å². The molecule has 0 aliphatic heterocycles. The lowest BCUT2D eigenvalue weighted by molar-refractivity contribution is 0.177. The molecule has 0 heterocycles. The maximum Gasteiger partial charge on any atom is 0.123 e. The smallest absolute Gasteiger partial charge is 0.123 e. The lowest BCUT2D eigenvalue weighted by Gasteiger charge is -2.28. The van der Waals surface area contributed by atoms with Crippen molar-refractivity contribution in [2.24, 2.45) is 0 Å². The van der Waals surface area contributed by atoms with Crippen molar-refractivity contribution < 1.29 is 9.50 Å². The van der Waals surface area contributed by atoms with Crippen LogP contribution in [0.4, 0.5) is 4.39 Å². The lowest BCUT2D eigenvalue weighted by Crippen LogP contribution is -2.42. The number of rotatable bonds is 4. The van der Waals surface area contributed by atoms with Gasteiger partial charge in [-0.1, -0.05) is 19.1 Å². The van der Waals surface area contributed by atoms with Crippen molar-refractivity contribution in [2.75, 3.05) is 13.2 Å². The molecule has 0 saturated heterocycles. The van der Waals surface area contributed by atoms with Crippen molar-refractivity contribution in [1.29, 1.82) is 0 Å². The maximum absolute atomic E-state index is 13.0. The molecule has 1 aromatic rings. The SMILES string of the molecule is CCNC(C)(CO)c1cccc(F)c1. The first-order valence-corrected chi connectivity index (χ1v) is 4.74. The predicted octanol–water partition coefficient (Wildman–Crippen LogP) is 1.64. The Kier molecular flexibility index (Phi) is 3.61. The van der Waals surface area contributed by atoms with Crippen molar-refractivity contribution in [3.8, 4) is 0 Å². The fourth-order valence-electron chi connectivity index (χ4n) is 1.47. The summed E-state index contributed by atoms with van der Waals surface area (Å²) >= 11 is 0. The summed E-state index contributed by atoms with van der Waals surface area (Å²) in [6, 6.07) is 6.30. The van der Waals surface area contributed by atoms with Gasteiger partial charge < -0.3 is 10.4 Å². The van der Waals surface area contributed by atoms with E-state index in [1.54, 1.807) is 6.07 Å². The van der Waals surface area contributed by atoms with Gasteiger partial charge in [0.1, 0.15) is 5.82 Å². The Labute approximate surface area is 83.8 Å². The summed E-state index contributed by atoms with van der Waals surface area (Å²) in [6.07, 6.45) is 0. The Hall–Kier alpha value is -0.930. The Morgan fingerprint density at radius 2 is 2.21 bits per heavy atom. The average Bonchev–Trinajstić information content (AvgIpc) is 2.18. The van der Waals surface area contributed by atoms with Crippen LogP contribution in [0.2, 0.25) is 0 Å². The number of aliphatic hydroxyl groups is 1. The van der Waals surface area contributed by atoms with Crippen LogP contribution >= 0.6 is 0 Å². The Morgan fingerprint density at radius 3 is 2.71 bits per heavy atom. The third kappa shape index (κ3) is 2.30. The first kappa shape index (κ1) is 11.1. The van der Waals surface area contributed by atoms with E-state index in [1.165, 1.54) is 12.1 Å². The summed E-state index contributed by atoms with van der Waals surface area (Å²) < 4.78 is 13.0. The van der Waals surface area contributed by atoms with Crippen molar-refractivity contribution >= 4 is 0 Å². The molecule has 1 rings (SSSR count). The van der Waals surface area contributed by atoms with Gasteiger partial charge in [-0.3, -0.25) is 0 Å². The largest absolute Gasteiger partial charge is 0.394 e. The van der Waals surface area contributed by atoms with Gasteiger partial charge in [0.2, 0.25) is 0 Å². The molecule has 1 atom stereocenters. The van der Waals surface area contributed by atoms with Gasteiger partial charge in [-0.05, 0) is 31.2 Å². The Balaban J connectivity index is 2.99. The highest BCUT2D eigenvalue weighted by Crippen LogP contribution is 2.20. The van der Waals surface area contributed by atoms with E-state index in [4.69, 9.17) is 0 Å². The number of hydrogen-bond acceptors (Lipinski definition) is 2. The van der Waals surface area contributed by atoms with Crippen molar-refractivity contribution in [2.45, 2.75) is 19.4 Å². The van der Waals surface area contributed by atoms with Crippen LogP contribution in [0.1, 0.15) is 19.4 Å². The normalized spacial score (nSPS) is 15.1. The molecule has 2 nitrogen and oxygen atoms in total. The molecule has 1 aromatic carbocycles. The highest BCUT2D eigenvalue weighted by atomic mass is 19.1. The molecule has 0 aliphatic rings. The third-order valence-corrected chi connectivity index (χ3v) is 2.34. The number of halogens is 1. The lowest BCUT2D eigenvalue weighted by atomic mass is 9.93. The monoisotopic (exact) mass is 197 g/mol. The van der Waals surface area contributed by atoms with Gasteiger partial charge in [0.15, 0.2) is 0 Å². The minimum absolute atomic E-state index is 0.0513. The second-order valence-corrected chi connectivity index (χ2v) is 3.53. The number of likely N-dealkylation sites (N-methyl/N-ethyl adjacent to an activating group) is 1. The van der Waals surface area contributed by atoms with Gasteiger partial charge in [-0.2, -0.15) is 0 Å². The highest BCUT2D eigenvalue weighted by Gasteiger charge is 2.24. The molecule has 14 heavy (non-hydrogen) atoms. The maximum atomic E-state index is 13.0. The Morgan fingerprint density at radius 1 is 1.50 bits per heavy atom. The minimum atomic E-state index is -0.559. The van der Waals surface area contributed by atoms with Crippen LogP contribution in [0.3, 0.4) is 0 Å². The van der Waals surface area contributed by atoms with Gasteiger partial charge >= 0.3 is 0 Å². The topological polar surface area (TPSA) is 32.3 Å². The molecule has 0 aromatic heterocycles. The summed E-state index contributed by atoms with van der Waals surface area (Å²) in [5.41, 5.74) is 0.207. The number of aliphatic hydroxyl groups excluding tert-OH is 1. The number of hydrogen-bond donors (Lipinski definition) is 2. The van der Waals surface area contributed by atoms with E-state index >= 15 is 0 Å². The zero-order valence-electron chi connectivity index (χ0n) is 8.55. The molecule has 0 bridgehead atoms. The molecular weight excluding hydrogens is 181 g/mol. The molecule has 0 spiro atoms. The fraction of sp³-hybridized carbons (Fsp3) is 0.455. The molecule has 0 amide bonds. The molecule has 3 heteroatoms. The quantitative estimate of drug-likeness (QED) is 0.769. The second-order valence-electron chi connectivity index (χ2n) is 3.53. The van der Waals surface area contributed by atoms with Crippen molar-refractivity contribution in [3.05, 3.63) is 35.6 Å². The average molecular weight is 197 g/mol. The van der Waals surface area contributed by atoms with Crippen molar-refractivity contribution in [3.63, 3.8) is 0 Å². The zero-order valence-corrected chi connectivity index (χ0v) is 8.55. The molecule has 1 unspecified atom stereocenters. The first-order valence-electron chi connectivity index (χ1n) is 4.74. The van der Waals surface area contributed by atoms with Crippen LogP contribution in [0.5, 0.6) is 0 Å². The van der Waals surface area contributed by atoms with Gasteiger partial charge in [0.05, 0.1) is 12.1 Å². The third-order valence-electron chi connectivity index (χ3n) is 2.34. The number of nitrogens with one attached hydrogen (secondary N) is 1. The molecular formula is C11H16FNO. The molecule has 2 N–H and O–H groups in total. The van der Waals surface area contributed by atoms with Gasteiger partial charge in [-0.15, -0.1) is 0 Å². The summed E-state index contributed by atoms with van der Waals surface area (Å²) in [6.45, 7) is 4.48. The van der Waals surface area contributed by atoms with Crippen LogP contribution in [0.25, 0.3) is 0 Å². The molecule has 0 radical (unpaired) electrons. The Bertz CT molecular complexity index is 303. The summed E-state index contributed by atoms with van der Waals surface area (Å²) in [7, 11) is 0. The molecule has 78 valence electrons. The molecule has 0 saturated carbocycles. The van der Waals surface area contributed by atoms with E-state index in [2.05, 4.69) is 5.32 Å². The highest BCUT2D eigenvalue weighted by molar-refractivity contribution is 5.24. The first-order chi connectivity index (χ1) is 6.62. The van der Waals surface area contributed by atoms with Crippen LogP contribution in [0, 0.1) is 5.82 Å². The summed E-state index contributed by atoms with van der Waals surface area (Å²) in [5, 5.41) is 12.4. The van der Waals surface area contributed by atoms with E-state index in [-0.39, 0.29) is 12.4 Å². The number of benzene rings is 1. The van der Waals surface area contributed by atoms with E-state index in [0.717, 1.165) is 12.1 Å². The molecule has 0 fully saturated rings. The second kappa shape index (κ2) is 4.53. The minimum Gasteiger partial charge on any atom is -0.394 e. The van der Waals surface area contributed by atoms with E-state index in [0.29, 0.717) is 0 Å². The molecule has 0 aliphatic carbocycles. The van der Waals surface area contributed by atoms with E-state index < -0.39 is 5.54 Å². The summed E-state index contributed by atoms with van der Waals surface area (Å²) in [5.74, 6) is -0.278. The fourth-order valence-corrected chi connectivity index (χ4v) is 1.47. The van der Waals surface area contributed by atoms with Crippen molar-refractivity contribution in [1.82, 2.24) is 5.32 Å². The predicted molar refractivity (Wildman–Crippen MR) is 54.5 cm³/mol. The standard InChI is InChI=1S/C11H16FNO/c1-3-13-11(2,8-14)9-5-4-6-10(12)7-9/h4-7,13-14H,3,8H2,1-2H3. The van der Waals surface area contributed by atoms with Gasteiger partial charge in [-0.25, -0.2) is 4.39 Å². The van der Waals surface area contributed by atoms with Crippen LogP contribution in [-0.4, -0.2) is 18.3 Å². The van der Waals surface area contributed by atoms with Gasteiger partial charge in [0.25, 0.3) is 0 Å². The van der Waals surface area contributed by atoms with E-state index in [9.17, 15) is 9.50 Å².